The first-order valence-electron chi connectivity index (χ1n) is 5.40. The molecular weight excluding hydrogens is 214 g/mol. The highest BCUT2D eigenvalue weighted by atomic mass is 19.2. The molecule has 1 aromatic rings. The summed E-state index contributed by atoms with van der Waals surface area (Å²) in [5, 5.41) is 9.31. The van der Waals surface area contributed by atoms with Crippen molar-refractivity contribution in [3.05, 3.63) is 29.8 Å². The summed E-state index contributed by atoms with van der Waals surface area (Å²) in [6.07, 6.45) is 3.49. The maximum atomic E-state index is 13.0. The smallest absolute Gasteiger partial charge is 0.162 e. The molecular formula is C12H14F2O2. The molecule has 0 spiro atoms. The van der Waals surface area contributed by atoms with Gasteiger partial charge in [0.05, 0.1) is 6.61 Å². The lowest BCUT2D eigenvalue weighted by molar-refractivity contribution is 0.0149. The summed E-state index contributed by atoms with van der Waals surface area (Å²) >= 11 is 0. The summed E-state index contributed by atoms with van der Waals surface area (Å²) in [5.74, 6) is -1.55. The van der Waals surface area contributed by atoms with Crippen LogP contribution in [-0.4, -0.2) is 17.3 Å². The number of aliphatic hydroxyl groups is 1. The molecule has 0 aliphatic heterocycles. The molecule has 0 radical (unpaired) electrons. The number of benzene rings is 1. The number of hydrogen-bond donors (Lipinski definition) is 1. The van der Waals surface area contributed by atoms with Gasteiger partial charge in [0.15, 0.2) is 11.6 Å². The molecule has 0 aromatic heterocycles. The molecule has 1 saturated carbocycles. The Balaban J connectivity index is 2.16. The minimum atomic E-state index is -0.927. The van der Waals surface area contributed by atoms with Crippen molar-refractivity contribution in [1.82, 2.24) is 0 Å². The second-order valence-electron chi connectivity index (χ2n) is 4.23. The number of hydrogen-bond acceptors (Lipinski definition) is 2. The van der Waals surface area contributed by atoms with Crippen LogP contribution < -0.4 is 4.74 Å². The molecule has 0 saturated heterocycles. The summed E-state index contributed by atoms with van der Waals surface area (Å²) in [5.41, 5.74) is -0.607. The first-order valence-corrected chi connectivity index (χ1v) is 5.40. The van der Waals surface area contributed by atoms with Gasteiger partial charge in [-0.2, -0.15) is 0 Å². The average molecular weight is 228 g/mol. The molecule has 4 heteroatoms. The lowest BCUT2D eigenvalue weighted by Gasteiger charge is -2.28. The van der Waals surface area contributed by atoms with Gasteiger partial charge in [-0.15, -0.1) is 0 Å². The second-order valence-corrected chi connectivity index (χ2v) is 4.23. The zero-order chi connectivity index (χ0) is 11.6. The van der Waals surface area contributed by atoms with Crippen LogP contribution in [0.1, 0.15) is 25.7 Å². The van der Waals surface area contributed by atoms with Gasteiger partial charge < -0.3 is 9.84 Å². The van der Waals surface area contributed by atoms with Crippen LogP contribution in [0.15, 0.2) is 18.2 Å². The van der Waals surface area contributed by atoms with Gasteiger partial charge in [-0.3, -0.25) is 0 Å². The third-order valence-electron chi connectivity index (χ3n) is 3.03. The summed E-state index contributed by atoms with van der Waals surface area (Å²) in [6, 6.07) is 3.43. The number of aliphatic hydroxyl groups excluding tert-OH is 1. The highest BCUT2D eigenvalue weighted by Crippen LogP contribution is 2.34. The lowest BCUT2D eigenvalue weighted by Crippen LogP contribution is -2.36. The Morgan fingerprint density at radius 1 is 1.19 bits per heavy atom. The van der Waals surface area contributed by atoms with Crippen molar-refractivity contribution < 1.29 is 18.6 Å². The summed E-state index contributed by atoms with van der Waals surface area (Å²) < 4.78 is 31.3. The molecule has 88 valence electrons. The van der Waals surface area contributed by atoms with E-state index < -0.39 is 17.2 Å². The van der Waals surface area contributed by atoms with Gasteiger partial charge >= 0.3 is 0 Å². The van der Waals surface area contributed by atoms with E-state index >= 15 is 0 Å². The summed E-state index contributed by atoms with van der Waals surface area (Å²) in [6.45, 7) is -0.0913. The van der Waals surface area contributed by atoms with Crippen molar-refractivity contribution in [2.45, 2.75) is 31.3 Å². The van der Waals surface area contributed by atoms with Crippen LogP contribution in [0.4, 0.5) is 8.78 Å². The first kappa shape index (κ1) is 11.3. The van der Waals surface area contributed by atoms with E-state index in [4.69, 9.17) is 4.74 Å². The predicted molar refractivity (Wildman–Crippen MR) is 55.3 cm³/mol. The van der Waals surface area contributed by atoms with Crippen LogP contribution >= 0.6 is 0 Å². The average Bonchev–Trinajstić information content (AvgIpc) is 2.73. The Hall–Kier alpha value is -1.16. The topological polar surface area (TPSA) is 29.5 Å². The molecule has 1 aliphatic carbocycles. The van der Waals surface area contributed by atoms with E-state index in [0.29, 0.717) is 0 Å². The molecule has 0 heterocycles. The third-order valence-corrected chi connectivity index (χ3v) is 3.03. The van der Waals surface area contributed by atoms with Crippen LogP contribution in [-0.2, 0) is 0 Å². The zero-order valence-corrected chi connectivity index (χ0v) is 8.88. The fraction of sp³-hybridized carbons (Fsp3) is 0.500. The van der Waals surface area contributed by atoms with Crippen molar-refractivity contribution in [3.63, 3.8) is 0 Å². The Bertz CT molecular complexity index is 373. The van der Waals surface area contributed by atoms with Crippen molar-refractivity contribution in [3.8, 4) is 5.75 Å². The van der Waals surface area contributed by atoms with E-state index in [-0.39, 0.29) is 12.4 Å². The zero-order valence-electron chi connectivity index (χ0n) is 8.88. The molecule has 16 heavy (non-hydrogen) atoms. The molecule has 0 amide bonds. The van der Waals surface area contributed by atoms with E-state index in [1.165, 1.54) is 6.07 Å². The largest absolute Gasteiger partial charge is 0.485 e. The summed E-state index contributed by atoms with van der Waals surface area (Å²) in [4.78, 5) is 0. The lowest BCUT2D eigenvalue weighted by atomic mass is 10.0. The quantitative estimate of drug-likeness (QED) is 0.861. The molecule has 1 fully saturated rings. The van der Waals surface area contributed by atoms with E-state index in [9.17, 15) is 13.9 Å². The minimum Gasteiger partial charge on any atom is -0.485 e. The van der Waals surface area contributed by atoms with Gasteiger partial charge in [-0.25, -0.2) is 8.78 Å². The summed E-state index contributed by atoms with van der Waals surface area (Å²) in [7, 11) is 0. The number of halogens is 2. The molecule has 1 aromatic carbocycles. The van der Waals surface area contributed by atoms with Crippen molar-refractivity contribution in [2.75, 3.05) is 6.61 Å². The molecule has 0 atom stereocenters. The van der Waals surface area contributed by atoms with Crippen LogP contribution in [0.3, 0.4) is 0 Å². The van der Waals surface area contributed by atoms with Crippen molar-refractivity contribution >= 4 is 0 Å². The Kier molecular flexibility index (Phi) is 3.10. The first-order chi connectivity index (χ1) is 7.65. The van der Waals surface area contributed by atoms with Crippen LogP contribution in [0.2, 0.25) is 0 Å². The van der Waals surface area contributed by atoms with Crippen LogP contribution in [0, 0.1) is 11.6 Å². The van der Waals surface area contributed by atoms with Gasteiger partial charge in [0.25, 0.3) is 0 Å². The molecule has 2 rings (SSSR count). The van der Waals surface area contributed by atoms with Gasteiger partial charge in [0.1, 0.15) is 11.4 Å². The Morgan fingerprint density at radius 2 is 1.88 bits per heavy atom. The Morgan fingerprint density at radius 3 is 2.44 bits per heavy atom. The van der Waals surface area contributed by atoms with Gasteiger partial charge in [0.2, 0.25) is 0 Å². The standard InChI is InChI=1S/C12H14F2O2/c13-10-4-3-9(7-11(10)14)16-12(8-15)5-1-2-6-12/h3-4,7,15H,1-2,5-6,8H2. The van der Waals surface area contributed by atoms with E-state index in [0.717, 1.165) is 37.8 Å². The highest BCUT2D eigenvalue weighted by molar-refractivity contribution is 5.24. The van der Waals surface area contributed by atoms with E-state index in [1.54, 1.807) is 0 Å². The monoisotopic (exact) mass is 228 g/mol. The molecule has 0 bridgehead atoms. The molecule has 2 nitrogen and oxygen atoms in total. The van der Waals surface area contributed by atoms with Crippen LogP contribution in [0.5, 0.6) is 5.75 Å². The SMILES string of the molecule is OCC1(Oc2ccc(F)c(F)c2)CCCC1. The maximum Gasteiger partial charge on any atom is 0.162 e. The van der Waals surface area contributed by atoms with E-state index in [1.807, 2.05) is 0 Å². The fourth-order valence-corrected chi connectivity index (χ4v) is 2.10. The minimum absolute atomic E-state index is 0.0913. The predicted octanol–water partition coefficient (Wildman–Crippen LogP) is 2.65. The normalized spacial score (nSPS) is 18.7. The third kappa shape index (κ3) is 2.16. The molecule has 1 aliphatic rings. The van der Waals surface area contributed by atoms with Gasteiger partial charge in [0, 0.05) is 6.07 Å². The van der Waals surface area contributed by atoms with Crippen molar-refractivity contribution in [1.29, 1.82) is 0 Å². The number of rotatable bonds is 3. The van der Waals surface area contributed by atoms with Crippen LogP contribution in [0.25, 0.3) is 0 Å². The van der Waals surface area contributed by atoms with Gasteiger partial charge in [-0.1, -0.05) is 0 Å². The van der Waals surface area contributed by atoms with E-state index in [2.05, 4.69) is 0 Å². The Labute approximate surface area is 92.9 Å². The second kappa shape index (κ2) is 4.37. The van der Waals surface area contributed by atoms with Crippen molar-refractivity contribution in [2.24, 2.45) is 0 Å². The highest BCUT2D eigenvalue weighted by Gasteiger charge is 2.35. The number of ether oxygens (including phenoxy) is 1. The molecule has 0 unspecified atom stereocenters. The van der Waals surface area contributed by atoms with Gasteiger partial charge in [-0.05, 0) is 37.8 Å². The molecule has 1 N–H and O–H groups in total. The fourth-order valence-electron chi connectivity index (χ4n) is 2.10. The maximum absolute atomic E-state index is 13.0.